The van der Waals surface area contributed by atoms with Crippen molar-refractivity contribution in [2.45, 2.75) is 43.9 Å². The van der Waals surface area contributed by atoms with Crippen LogP contribution in [0.2, 0.25) is 0 Å². The molecule has 1 saturated heterocycles. The zero-order valence-corrected chi connectivity index (χ0v) is 15.7. The standard InChI is InChI=1S/C20H23FN6O/c1-12-10-27(11-15(23-12)20(28)7-3-8-20)16-6-5-14(21)18(24-16)17-13-4-2-9-22-19(13)26-25-17/h2,4-6,9,12,15,23,28H,3,7-8,10-11H2,1H3,(H,22,25,26). The number of hydrogen-bond donors (Lipinski definition) is 3. The largest absolute Gasteiger partial charge is 0.388 e. The molecular weight excluding hydrogens is 359 g/mol. The number of aliphatic hydroxyl groups is 1. The molecule has 5 rings (SSSR count). The van der Waals surface area contributed by atoms with Gasteiger partial charge in [-0.3, -0.25) is 5.10 Å². The van der Waals surface area contributed by atoms with E-state index in [-0.39, 0.29) is 17.8 Å². The number of hydrogen-bond acceptors (Lipinski definition) is 6. The second-order valence-electron chi connectivity index (χ2n) is 7.95. The second kappa shape index (κ2) is 6.49. The van der Waals surface area contributed by atoms with Gasteiger partial charge in [0.2, 0.25) is 0 Å². The summed E-state index contributed by atoms with van der Waals surface area (Å²) in [7, 11) is 0. The number of nitrogens with zero attached hydrogens (tertiary/aromatic N) is 4. The molecule has 0 spiro atoms. The molecule has 3 N–H and O–H groups in total. The molecule has 1 aliphatic heterocycles. The van der Waals surface area contributed by atoms with E-state index in [1.807, 2.05) is 6.07 Å². The van der Waals surface area contributed by atoms with E-state index in [1.165, 1.54) is 6.07 Å². The smallest absolute Gasteiger partial charge is 0.155 e. The van der Waals surface area contributed by atoms with E-state index in [1.54, 1.807) is 18.3 Å². The molecule has 2 atom stereocenters. The van der Waals surface area contributed by atoms with Crippen molar-refractivity contribution in [2.24, 2.45) is 0 Å². The van der Waals surface area contributed by atoms with Gasteiger partial charge in [0, 0.05) is 30.7 Å². The highest BCUT2D eigenvalue weighted by Crippen LogP contribution is 2.37. The lowest BCUT2D eigenvalue weighted by Gasteiger charge is -2.49. The highest BCUT2D eigenvalue weighted by atomic mass is 19.1. The molecule has 0 radical (unpaired) electrons. The Balaban J connectivity index is 1.50. The minimum Gasteiger partial charge on any atom is -0.388 e. The molecule has 2 fully saturated rings. The van der Waals surface area contributed by atoms with Crippen LogP contribution in [0.15, 0.2) is 30.5 Å². The number of H-pyrrole nitrogens is 1. The fourth-order valence-corrected chi connectivity index (χ4v) is 4.28. The fraction of sp³-hybridized carbons (Fsp3) is 0.450. The van der Waals surface area contributed by atoms with E-state index in [9.17, 15) is 9.50 Å². The number of fused-ring (bicyclic) bond motifs is 1. The lowest BCUT2D eigenvalue weighted by molar-refractivity contribution is -0.0681. The van der Waals surface area contributed by atoms with Crippen molar-refractivity contribution < 1.29 is 9.50 Å². The highest BCUT2D eigenvalue weighted by Gasteiger charge is 2.45. The Kier molecular flexibility index (Phi) is 4.06. The molecule has 2 aliphatic rings. The average Bonchev–Trinajstić information content (AvgIpc) is 3.10. The van der Waals surface area contributed by atoms with Crippen LogP contribution in [0, 0.1) is 5.82 Å². The first-order valence-electron chi connectivity index (χ1n) is 9.73. The molecule has 1 aliphatic carbocycles. The summed E-state index contributed by atoms with van der Waals surface area (Å²) in [5.41, 5.74) is 0.619. The molecule has 3 aromatic rings. The van der Waals surface area contributed by atoms with Gasteiger partial charge in [-0.05, 0) is 50.5 Å². The van der Waals surface area contributed by atoms with Crippen LogP contribution in [0.25, 0.3) is 22.4 Å². The topological polar surface area (TPSA) is 90.0 Å². The third kappa shape index (κ3) is 2.84. The molecule has 0 aromatic carbocycles. The molecule has 1 saturated carbocycles. The van der Waals surface area contributed by atoms with Crippen LogP contribution in [0.3, 0.4) is 0 Å². The van der Waals surface area contributed by atoms with E-state index in [0.717, 1.165) is 31.2 Å². The Morgan fingerprint density at radius 3 is 2.86 bits per heavy atom. The number of halogens is 1. The third-order valence-corrected chi connectivity index (χ3v) is 5.97. The Morgan fingerprint density at radius 1 is 1.21 bits per heavy atom. The molecule has 7 nitrogen and oxygen atoms in total. The molecule has 0 bridgehead atoms. The lowest BCUT2D eigenvalue weighted by Crippen LogP contribution is -2.66. The molecule has 3 aromatic heterocycles. The van der Waals surface area contributed by atoms with Crippen LogP contribution in [-0.2, 0) is 0 Å². The Bertz CT molecular complexity index is 1020. The fourth-order valence-electron chi connectivity index (χ4n) is 4.28. The number of anilines is 1. The SMILES string of the molecule is CC1CN(c2ccc(F)c(-c3n[nH]c4ncccc34)n2)CC(C2(O)CCC2)N1. The Labute approximate surface area is 162 Å². The number of aromatic amines is 1. The van der Waals surface area contributed by atoms with Crippen LogP contribution >= 0.6 is 0 Å². The third-order valence-electron chi connectivity index (χ3n) is 5.97. The summed E-state index contributed by atoms with van der Waals surface area (Å²) in [6.07, 6.45) is 4.36. The van der Waals surface area contributed by atoms with Crippen LogP contribution < -0.4 is 10.2 Å². The normalized spacial score (nSPS) is 24.3. The van der Waals surface area contributed by atoms with Crippen molar-refractivity contribution in [1.29, 1.82) is 0 Å². The number of piperazine rings is 1. The van der Waals surface area contributed by atoms with Gasteiger partial charge >= 0.3 is 0 Å². The molecule has 8 heteroatoms. The summed E-state index contributed by atoms with van der Waals surface area (Å²) in [4.78, 5) is 11.0. The van der Waals surface area contributed by atoms with Crippen molar-refractivity contribution in [2.75, 3.05) is 18.0 Å². The van der Waals surface area contributed by atoms with E-state index in [2.05, 4.69) is 37.3 Å². The lowest BCUT2D eigenvalue weighted by atomic mass is 9.73. The molecule has 146 valence electrons. The molecule has 28 heavy (non-hydrogen) atoms. The van der Waals surface area contributed by atoms with Gasteiger partial charge in [-0.15, -0.1) is 0 Å². The first kappa shape index (κ1) is 17.5. The minimum atomic E-state index is -0.653. The van der Waals surface area contributed by atoms with Crippen molar-refractivity contribution in [3.63, 3.8) is 0 Å². The van der Waals surface area contributed by atoms with Gasteiger partial charge in [0.05, 0.1) is 11.6 Å². The van der Waals surface area contributed by atoms with Gasteiger partial charge in [-0.2, -0.15) is 5.10 Å². The Morgan fingerprint density at radius 2 is 2.07 bits per heavy atom. The van der Waals surface area contributed by atoms with Crippen LogP contribution in [0.1, 0.15) is 26.2 Å². The van der Waals surface area contributed by atoms with Crippen LogP contribution in [0.4, 0.5) is 10.2 Å². The average molecular weight is 382 g/mol. The maximum Gasteiger partial charge on any atom is 0.155 e. The maximum absolute atomic E-state index is 14.6. The second-order valence-corrected chi connectivity index (χ2v) is 7.95. The summed E-state index contributed by atoms with van der Waals surface area (Å²) in [5, 5.41) is 22.1. The number of aromatic nitrogens is 4. The number of rotatable bonds is 3. The maximum atomic E-state index is 14.6. The monoisotopic (exact) mass is 382 g/mol. The van der Waals surface area contributed by atoms with Crippen LogP contribution in [-0.4, -0.2) is 56.0 Å². The summed E-state index contributed by atoms with van der Waals surface area (Å²) in [6.45, 7) is 3.48. The molecule has 2 unspecified atom stereocenters. The first-order valence-corrected chi connectivity index (χ1v) is 9.73. The van der Waals surface area contributed by atoms with Gasteiger partial charge in [0.1, 0.15) is 17.2 Å². The molecule has 0 amide bonds. The van der Waals surface area contributed by atoms with Gasteiger partial charge in [0.25, 0.3) is 0 Å². The summed E-state index contributed by atoms with van der Waals surface area (Å²) in [6, 6.07) is 6.97. The van der Waals surface area contributed by atoms with E-state index in [4.69, 9.17) is 0 Å². The van der Waals surface area contributed by atoms with Gasteiger partial charge in [0.15, 0.2) is 11.5 Å². The summed E-state index contributed by atoms with van der Waals surface area (Å²) >= 11 is 0. The Hall–Kier alpha value is -2.58. The van der Waals surface area contributed by atoms with Crippen LogP contribution in [0.5, 0.6) is 0 Å². The van der Waals surface area contributed by atoms with Crippen molar-refractivity contribution >= 4 is 16.9 Å². The number of nitrogens with one attached hydrogen (secondary N) is 2. The van der Waals surface area contributed by atoms with Crippen molar-refractivity contribution in [3.8, 4) is 11.4 Å². The quantitative estimate of drug-likeness (QED) is 0.644. The zero-order chi connectivity index (χ0) is 19.3. The molecular formula is C20H23FN6O. The van der Waals surface area contributed by atoms with Crippen molar-refractivity contribution in [1.82, 2.24) is 25.5 Å². The van der Waals surface area contributed by atoms with Crippen molar-refractivity contribution in [3.05, 3.63) is 36.3 Å². The van der Waals surface area contributed by atoms with Gasteiger partial charge in [-0.25, -0.2) is 14.4 Å². The summed E-state index contributed by atoms with van der Waals surface area (Å²) in [5.74, 6) is 0.274. The highest BCUT2D eigenvalue weighted by molar-refractivity contribution is 5.89. The van der Waals surface area contributed by atoms with Gasteiger partial charge < -0.3 is 15.3 Å². The van der Waals surface area contributed by atoms with E-state index < -0.39 is 11.4 Å². The summed E-state index contributed by atoms with van der Waals surface area (Å²) < 4.78 is 14.6. The minimum absolute atomic E-state index is 0.0179. The number of pyridine rings is 2. The zero-order valence-electron chi connectivity index (χ0n) is 15.7. The predicted molar refractivity (Wildman–Crippen MR) is 104 cm³/mol. The first-order chi connectivity index (χ1) is 13.5. The van der Waals surface area contributed by atoms with E-state index in [0.29, 0.717) is 23.7 Å². The van der Waals surface area contributed by atoms with Gasteiger partial charge in [-0.1, -0.05) is 0 Å². The predicted octanol–water partition coefficient (Wildman–Crippen LogP) is 2.24. The van der Waals surface area contributed by atoms with E-state index >= 15 is 0 Å². The molecule has 4 heterocycles.